The molecule has 4 aromatic rings. The fourth-order valence-corrected chi connectivity index (χ4v) is 4.31. The highest BCUT2D eigenvalue weighted by Gasteiger charge is 2.22. The van der Waals surface area contributed by atoms with E-state index in [0.29, 0.717) is 17.9 Å². The largest absolute Gasteiger partial charge is 0.497 e. The van der Waals surface area contributed by atoms with Gasteiger partial charge in [0, 0.05) is 22.9 Å². The molecule has 1 aromatic heterocycles. The minimum atomic E-state index is -0.292. The molecule has 1 unspecified atom stereocenters. The number of imidazole rings is 1. The number of nitrogens with zero attached hydrogens (tertiary/aromatic N) is 1. The van der Waals surface area contributed by atoms with Gasteiger partial charge < -0.3 is 15.0 Å². The molecule has 1 atom stereocenters. The second-order valence-electron chi connectivity index (χ2n) is 7.23. The van der Waals surface area contributed by atoms with Crippen molar-refractivity contribution in [3.05, 3.63) is 84.9 Å². The van der Waals surface area contributed by atoms with Gasteiger partial charge in [0.25, 0.3) is 0 Å². The minimum Gasteiger partial charge on any atom is -0.497 e. The van der Waals surface area contributed by atoms with E-state index in [0.717, 1.165) is 27.7 Å². The number of thioether (sulfide) groups is 1. The fraction of sp³-hybridized carbons (Fsp3) is 0.154. The molecule has 0 aliphatic rings. The van der Waals surface area contributed by atoms with Gasteiger partial charge in [-0.25, -0.2) is 4.98 Å². The number of amides is 1. The molecule has 4 rings (SSSR count). The number of carbonyl (C=O) groups is 1. The summed E-state index contributed by atoms with van der Waals surface area (Å²) in [6.45, 7) is 2.00. The number of methoxy groups -OCH3 is 1. The Morgan fingerprint density at radius 3 is 2.34 bits per heavy atom. The van der Waals surface area contributed by atoms with E-state index >= 15 is 0 Å². The average molecular weight is 444 g/mol. The number of benzene rings is 3. The molecule has 0 spiro atoms. The first-order valence-corrected chi connectivity index (χ1v) is 11.4. The van der Waals surface area contributed by atoms with Gasteiger partial charge in [-0.05, 0) is 18.6 Å². The zero-order valence-electron chi connectivity index (χ0n) is 18.0. The van der Waals surface area contributed by atoms with Crippen molar-refractivity contribution in [1.29, 1.82) is 0 Å². The molecule has 0 saturated heterocycles. The molecule has 0 aliphatic carbocycles. The van der Waals surface area contributed by atoms with E-state index in [-0.39, 0.29) is 11.2 Å². The number of aromatic amines is 1. The molecule has 1 heterocycles. The first-order valence-electron chi connectivity index (χ1n) is 10.5. The van der Waals surface area contributed by atoms with Gasteiger partial charge in [0.1, 0.15) is 5.75 Å². The third-order valence-corrected chi connectivity index (χ3v) is 6.29. The van der Waals surface area contributed by atoms with Gasteiger partial charge in [-0.1, -0.05) is 85.4 Å². The molecule has 2 N–H and O–H groups in total. The van der Waals surface area contributed by atoms with Crippen molar-refractivity contribution < 1.29 is 9.53 Å². The lowest BCUT2D eigenvalue weighted by Gasteiger charge is -2.14. The summed E-state index contributed by atoms with van der Waals surface area (Å²) in [5, 5.41) is 3.42. The highest BCUT2D eigenvalue weighted by atomic mass is 32.2. The maximum atomic E-state index is 13.0. The van der Waals surface area contributed by atoms with Gasteiger partial charge in [0.15, 0.2) is 5.16 Å². The first kappa shape index (κ1) is 21.7. The molecule has 162 valence electrons. The summed E-state index contributed by atoms with van der Waals surface area (Å²) in [6, 6.07) is 27.6. The SMILES string of the molecule is CCC(Sc1nc(-c2ccccc2)c(-c2ccccc2)[nH]1)C(=O)Nc1cccc(OC)c1. The number of carbonyl (C=O) groups excluding carboxylic acids is 1. The Labute approximate surface area is 192 Å². The monoisotopic (exact) mass is 443 g/mol. The maximum Gasteiger partial charge on any atom is 0.237 e. The zero-order valence-corrected chi connectivity index (χ0v) is 18.9. The van der Waals surface area contributed by atoms with Crippen LogP contribution in [0, 0.1) is 0 Å². The number of ether oxygens (including phenoxy) is 1. The van der Waals surface area contributed by atoms with Crippen LogP contribution in [0.2, 0.25) is 0 Å². The quantitative estimate of drug-likeness (QED) is 0.315. The lowest BCUT2D eigenvalue weighted by atomic mass is 10.1. The first-order chi connectivity index (χ1) is 15.7. The van der Waals surface area contributed by atoms with Crippen LogP contribution in [-0.4, -0.2) is 28.2 Å². The summed E-state index contributed by atoms with van der Waals surface area (Å²) in [5.41, 5.74) is 4.62. The van der Waals surface area contributed by atoms with E-state index in [4.69, 9.17) is 9.72 Å². The van der Waals surface area contributed by atoms with E-state index in [9.17, 15) is 4.79 Å². The molecular formula is C26H25N3O2S. The van der Waals surface area contributed by atoms with Crippen molar-refractivity contribution in [3.63, 3.8) is 0 Å². The fourth-order valence-electron chi connectivity index (χ4n) is 3.41. The Kier molecular flexibility index (Phi) is 6.92. The normalized spacial score (nSPS) is 11.7. The van der Waals surface area contributed by atoms with Crippen molar-refractivity contribution >= 4 is 23.4 Å². The van der Waals surface area contributed by atoms with Gasteiger partial charge in [-0.3, -0.25) is 4.79 Å². The van der Waals surface area contributed by atoms with Crippen molar-refractivity contribution in [2.75, 3.05) is 12.4 Å². The van der Waals surface area contributed by atoms with Crippen LogP contribution in [0.25, 0.3) is 22.5 Å². The second-order valence-corrected chi connectivity index (χ2v) is 8.42. The van der Waals surface area contributed by atoms with E-state index < -0.39 is 0 Å². The van der Waals surface area contributed by atoms with Crippen LogP contribution in [-0.2, 0) is 4.79 Å². The number of hydrogen-bond donors (Lipinski definition) is 2. The van der Waals surface area contributed by atoms with Gasteiger partial charge in [0.2, 0.25) is 5.91 Å². The molecule has 0 fully saturated rings. The standard InChI is InChI=1S/C26H25N3O2S/c1-3-22(25(30)27-20-15-10-16-21(17-20)31-2)32-26-28-23(18-11-6-4-7-12-18)24(29-26)19-13-8-5-9-14-19/h4-17,22H,3H2,1-2H3,(H,27,30)(H,28,29). The van der Waals surface area contributed by atoms with Crippen molar-refractivity contribution in [2.45, 2.75) is 23.8 Å². The van der Waals surface area contributed by atoms with Crippen LogP contribution >= 0.6 is 11.8 Å². The zero-order chi connectivity index (χ0) is 22.3. The lowest BCUT2D eigenvalue weighted by Crippen LogP contribution is -2.24. The highest BCUT2D eigenvalue weighted by molar-refractivity contribution is 8.00. The van der Waals surface area contributed by atoms with E-state index in [1.54, 1.807) is 7.11 Å². The van der Waals surface area contributed by atoms with Crippen molar-refractivity contribution in [2.24, 2.45) is 0 Å². The number of hydrogen-bond acceptors (Lipinski definition) is 4. The Hall–Kier alpha value is -3.51. The van der Waals surface area contributed by atoms with E-state index in [1.165, 1.54) is 11.8 Å². The summed E-state index contributed by atoms with van der Waals surface area (Å²) in [4.78, 5) is 21.3. The Morgan fingerprint density at radius 2 is 1.69 bits per heavy atom. The van der Waals surface area contributed by atoms with Gasteiger partial charge in [-0.2, -0.15) is 0 Å². The van der Waals surface area contributed by atoms with Crippen LogP contribution in [0.4, 0.5) is 5.69 Å². The minimum absolute atomic E-state index is 0.0651. The molecule has 5 nitrogen and oxygen atoms in total. The molecule has 0 radical (unpaired) electrons. The van der Waals surface area contributed by atoms with Gasteiger partial charge in [0.05, 0.1) is 23.7 Å². The lowest BCUT2D eigenvalue weighted by molar-refractivity contribution is -0.115. The molecule has 1 amide bonds. The van der Waals surface area contributed by atoms with Gasteiger partial charge >= 0.3 is 0 Å². The smallest absolute Gasteiger partial charge is 0.237 e. The van der Waals surface area contributed by atoms with E-state index in [2.05, 4.69) is 22.4 Å². The summed E-state index contributed by atoms with van der Waals surface area (Å²) in [5.74, 6) is 0.638. The Morgan fingerprint density at radius 1 is 1.00 bits per heavy atom. The van der Waals surface area contributed by atoms with Crippen LogP contribution < -0.4 is 10.1 Å². The number of aromatic nitrogens is 2. The predicted octanol–water partition coefficient (Wildman–Crippen LogP) is 6.26. The van der Waals surface area contributed by atoms with Crippen LogP contribution in [0.15, 0.2) is 90.1 Å². The van der Waals surface area contributed by atoms with Crippen molar-refractivity contribution in [3.8, 4) is 28.3 Å². The number of H-pyrrole nitrogens is 1. The average Bonchev–Trinajstić information content (AvgIpc) is 3.27. The molecule has 0 aliphatic heterocycles. The molecule has 6 heteroatoms. The topological polar surface area (TPSA) is 67.0 Å². The van der Waals surface area contributed by atoms with Crippen LogP contribution in [0.1, 0.15) is 13.3 Å². The summed E-state index contributed by atoms with van der Waals surface area (Å²) < 4.78 is 5.25. The highest BCUT2D eigenvalue weighted by Crippen LogP contribution is 2.34. The third kappa shape index (κ3) is 5.03. The third-order valence-electron chi connectivity index (χ3n) is 5.05. The summed E-state index contributed by atoms with van der Waals surface area (Å²) >= 11 is 1.44. The molecule has 0 bridgehead atoms. The van der Waals surface area contributed by atoms with Crippen molar-refractivity contribution in [1.82, 2.24) is 9.97 Å². The molecule has 3 aromatic carbocycles. The Balaban J connectivity index is 1.60. The van der Waals surface area contributed by atoms with Crippen LogP contribution in [0.3, 0.4) is 0 Å². The number of nitrogens with one attached hydrogen (secondary N) is 2. The maximum absolute atomic E-state index is 13.0. The summed E-state index contributed by atoms with van der Waals surface area (Å²) in [6.07, 6.45) is 0.669. The predicted molar refractivity (Wildman–Crippen MR) is 131 cm³/mol. The van der Waals surface area contributed by atoms with Crippen LogP contribution in [0.5, 0.6) is 5.75 Å². The number of anilines is 1. The molecule has 32 heavy (non-hydrogen) atoms. The van der Waals surface area contributed by atoms with E-state index in [1.807, 2.05) is 79.7 Å². The summed E-state index contributed by atoms with van der Waals surface area (Å²) in [7, 11) is 1.61. The Bertz CT molecular complexity index is 1120. The number of rotatable bonds is 8. The second kappa shape index (κ2) is 10.2. The van der Waals surface area contributed by atoms with Gasteiger partial charge in [-0.15, -0.1) is 0 Å². The molecular weight excluding hydrogens is 418 g/mol. The molecule has 0 saturated carbocycles.